The molecule has 1 saturated carbocycles. The summed E-state index contributed by atoms with van der Waals surface area (Å²) < 4.78 is 14.9. The number of carboxylic acids is 1. The summed E-state index contributed by atoms with van der Waals surface area (Å²) in [5.74, 6) is -1.80. The number of aliphatic carboxylic acids is 1. The van der Waals surface area contributed by atoms with Crippen LogP contribution in [0.25, 0.3) is 0 Å². The number of halogens is 2. The van der Waals surface area contributed by atoms with Gasteiger partial charge in [0.2, 0.25) is 5.91 Å². The zero-order valence-corrected chi connectivity index (χ0v) is 13.6. The maximum absolute atomic E-state index is 14.0. The minimum atomic E-state index is -0.825. The lowest BCUT2D eigenvalue weighted by Gasteiger charge is -2.31. The van der Waals surface area contributed by atoms with Crippen molar-refractivity contribution in [2.75, 3.05) is 6.54 Å². The number of amides is 1. The molecule has 0 saturated heterocycles. The van der Waals surface area contributed by atoms with E-state index in [2.05, 4.69) is 15.9 Å². The van der Waals surface area contributed by atoms with E-state index in [0.29, 0.717) is 37.8 Å². The number of carbonyl (C=O) groups is 2. The summed E-state index contributed by atoms with van der Waals surface area (Å²) in [6.07, 6.45) is 2.18. The lowest BCUT2D eigenvalue weighted by molar-refractivity contribution is -0.141. The minimum Gasteiger partial charge on any atom is -0.481 e. The Balaban J connectivity index is 1.74. The summed E-state index contributed by atoms with van der Waals surface area (Å²) in [7, 11) is 0. The average molecular weight is 370 g/mol. The maximum atomic E-state index is 14.0. The number of fused-ring (bicyclic) bond motifs is 1. The average Bonchev–Trinajstić information content (AvgIpc) is 3.00. The molecule has 0 bridgehead atoms. The molecule has 0 radical (unpaired) electrons. The Labute approximate surface area is 136 Å². The Morgan fingerprint density at radius 2 is 1.95 bits per heavy atom. The van der Waals surface area contributed by atoms with E-state index in [4.69, 9.17) is 5.11 Å². The fourth-order valence-electron chi connectivity index (χ4n) is 3.47. The third kappa shape index (κ3) is 2.76. The van der Waals surface area contributed by atoms with Crippen LogP contribution in [0.4, 0.5) is 4.39 Å². The monoisotopic (exact) mass is 369 g/mol. The van der Waals surface area contributed by atoms with E-state index in [9.17, 15) is 14.0 Å². The fraction of sp³-hybridized carbons (Fsp3) is 0.500. The number of hydrogen-bond donors (Lipinski definition) is 1. The zero-order chi connectivity index (χ0) is 15.9. The van der Waals surface area contributed by atoms with E-state index in [1.54, 1.807) is 11.0 Å². The number of carboxylic acid groups (broad SMARTS) is 1. The van der Waals surface area contributed by atoms with Crippen LogP contribution in [0.5, 0.6) is 0 Å². The SMILES string of the molecule is O=C(O)[C@@H]1CC[C@H](C(=O)N2CCc3c(Br)ccc(F)c3C2)C1. The van der Waals surface area contributed by atoms with Crippen LogP contribution >= 0.6 is 15.9 Å². The van der Waals surface area contributed by atoms with Gasteiger partial charge < -0.3 is 10.0 Å². The van der Waals surface area contributed by atoms with Gasteiger partial charge in [-0.15, -0.1) is 0 Å². The molecule has 0 aromatic heterocycles. The molecule has 1 fully saturated rings. The van der Waals surface area contributed by atoms with Gasteiger partial charge in [0.05, 0.1) is 5.92 Å². The van der Waals surface area contributed by atoms with Crippen molar-refractivity contribution in [1.29, 1.82) is 0 Å². The Kier molecular flexibility index (Phi) is 4.21. The van der Waals surface area contributed by atoms with Gasteiger partial charge in [-0.3, -0.25) is 9.59 Å². The first kappa shape index (κ1) is 15.5. The molecule has 0 unspecified atom stereocenters. The van der Waals surface area contributed by atoms with Crippen molar-refractivity contribution in [2.24, 2.45) is 11.8 Å². The highest BCUT2D eigenvalue weighted by molar-refractivity contribution is 9.10. The summed E-state index contributed by atoms with van der Waals surface area (Å²) in [6, 6.07) is 3.10. The van der Waals surface area contributed by atoms with Gasteiger partial charge in [-0.05, 0) is 43.4 Å². The van der Waals surface area contributed by atoms with Crippen LogP contribution in [0, 0.1) is 17.7 Å². The van der Waals surface area contributed by atoms with Crippen LogP contribution in [0.3, 0.4) is 0 Å². The van der Waals surface area contributed by atoms with Gasteiger partial charge in [0.1, 0.15) is 5.82 Å². The number of nitrogens with zero attached hydrogens (tertiary/aromatic N) is 1. The lowest BCUT2D eigenvalue weighted by atomic mass is 9.97. The molecule has 6 heteroatoms. The van der Waals surface area contributed by atoms with Crippen molar-refractivity contribution in [2.45, 2.75) is 32.2 Å². The molecule has 2 atom stereocenters. The predicted octanol–water partition coefficient (Wildman–Crippen LogP) is 2.97. The largest absolute Gasteiger partial charge is 0.481 e. The van der Waals surface area contributed by atoms with Gasteiger partial charge in [0.15, 0.2) is 0 Å². The van der Waals surface area contributed by atoms with Crippen molar-refractivity contribution in [3.63, 3.8) is 0 Å². The molecule has 1 heterocycles. The smallest absolute Gasteiger partial charge is 0.306 e. The third-order valence-electron chi connectivity index (χ3n) is 4.74. The van der Waals surface area contributed by atoms with Crippen LogP contribution in [-0.4, -0.2) is 28.4 Å². The van der Waals surface area contributed by atoms with Crippen molar-refractivity contribution >= 4 is 27.8 Å². The second-order valence-electron chi connectivity index (χ2n) is 6.04. The van der Waals surface area contributed by atoms with Crippen LogP contribution in [0.2, 0.25) is 0 Å². The molecule has 3 rings (SSSR count). The summed E-state index contributed by atoms with van der Waals surface area (Å²) in [4.78, 5) is 25.3. The Morgan fingerprint density at radius 3 is 2.64 bits per heavy atom. The highest BCUT2D eigenvalue weighted by Gasteiger charge is 2.37. The van der Waals surface area contributed by atoms with Gasteiger partial charge in [-0.25, -0.2) is 4.39 Å². The summed E-state index contributed by atoms with van der Waals surface area (Å²) >= 11 is 3.43. The van der Waals surface area contributed by atoms with E-state index in [1.165, 1.54) is 6.07 Å². The lowest BCUT2D eigenvalue weighted by Crippen LogP contribution is -2.39. The topological polar surface area (TPSA) is 57.6 Å². The molecule has 1 aliphatic carbocycles. The van der Waals surface area contributed by atoms with Gasteiger partial charge in [0.25, 0.3) is 0 Å². The number of rotatable bonds is 2. The zero-order valence-electron chi connectivity index (χ0n) is 12.0. The first-order chi connectivity index (χ1) is 10.5. The van der Waals surface area contributed by atoms with E-state index in [-0.39, 0.29) is 24.2 Å². The number of hydrogen-bond acceptors (Lipinski definition) is 2. The van der Waals surface area contributed by atoms with Crippen molar-refractivity contribution in [3.05, 3.63) is 33.5 Å². The Bertz CT molecular complexity index is 634. The second kappa shape index (κ2) is 5.99. The molecule has 1 aromatic carbocycles. The third-order valence-corrected chi connectivity index (χ3v) is 5.48. The molecule has 1 amide bonds. The molecule has 1 aliphatic heterocycles. The molecule has 2 aliphatic rings. The maximum Gasteiger partial charge on any atom is 0.306 e. The van der Waals surface area contributed by atoms with Crippen LogP contribution in [0.15, 0.2) is 16.6 Å². The Hall–Kier alpha value is -1.43. The van der Waals surface area contributed by atoms with Crippen LogP contribution in [-0.2, 0) is 22.6 Å². The molecule has 22 heavy (non-hydrogen) atoms. The highest BCUT2D eigenvalue weighted by Crippen LogP contribution is 2.34. The molecular formula is C16H17BrFNO3. The van der Waals surface area contributed by atoms with Gasteiger partial charge in [-0.1, -0.05) is 15.9 Å². The molecular weight excluding hydrogens is 353 g/mol. The number of benzene rings is 1. The first-order valence-corrected chi connectivity index (χ1v) is 8.24. The van der Waals surface area contributed by atoms with Gasteiger partial charge in [-0.2, -0.15) is 0 Å². The second-order valence-corrected chi connectivity index (χ2v) is 6.90. The first-order valence-electron chi connectivity index (χ1n) is 7.44. The summed E-state index contributed by atoms with van der Waals surface area (Å²) in [5.41, 5.74) is 1.50. The Morgan fingerprint density at radius 1 is 1.23 bits per heavy atom. The van der Waals surface area contributed by atoms with E-state index < -0.39 is 11.9 Å². The molecule has 0 spiro atoms. The van der Waals surface area contributed by atoms with E-state index >= 15 is 0 Å². The van der Waals surface area contributed by atoms with Crippen LogP contribution < -0.4 is 0 Å². The number of carbonyl (C=O) groups excluding carboxylic acids is 1. The predicted molar refractivity (Wildman–Crippen MR) is 81.7 cm³/mol. The minimum absolute atomic E-state index is 0.0335. The standard InChI is InChI=1S/C16H17BrFNO3/c17-13-3-4-14(18)12-8-19(6-5-11(12)13)15(20)9-1-2-10(7-9)16(21)22/h3-4,9-10H,1-2,5-8H2,(H,21,22)/t9-,10+/m0/s1. The summed E-state index contributed by atoms with van der Waals surface area (Å²) in [5, 5.41) is 9.04. The highest BCUT2D eigenvalue weighted by atomic mass is 79.9. The van der Waals surface area contributed by atoms with Crippen molar-refractivity contribution in [3.8, 4) is 0 Å². The summed E-state index contributed by atoms with van der Waals surface area (Å²) in [6.45, 7) is 0.829. The fourth-order valence-corrected chi connectivity index (χ4v) is 4.04. The van der Waals surface area contributed by atoms with Gasteiger partial charge >= 0.3 is 5.97 Å². The van der Waals surface area contributed by atoms with E-state index in [0.717, 1.165) is 10.0 Å². The molecule has 118 valence electrons. The molecule has 1 aromatic rings. The van der Waals surface area contributed by atoms with Crippen molar-refractivity contribution < 1.29 is 19.1 Å². The molecule has 1 N–H and O–H groups in total. The molecule has 4 nitrogen and oxygen atoms in total. The van der Waals surface area contributed by atoms with Gasteiger partial charge in [0, 0.05) is 29.0 Å². The van der Waals surface area contributed by atoms with E-state index in [1.807, 2.05) is 0 Å². The quantitative estimate of drug-likeness (QED) is 0.871. The van der Waals surface area contributed by atoms with Crippen molar-refractivity contribution in [1.82, 2.24) is 4.90 Å². The van der Waals surface area contributed by atoms with Crippen LogP contribution in [0.1, 0.15) is 30.4 Å². The normalized spacial score (nSPS) is 24.2.